The van der Waals surface area contributed by atoms with Crippen LogP contribution in [0.4, 0.5) is 5.82 Å². The molecule has 10 heteroatoms. The fraction of sp³-hybridized carbons (Fsp3) is 0.333. The lowest BCUT2D eigenvalue weighted by Gasteiger charge is -2.26. The Morgan fingerprint density at radius 2 is 2.12 bits per heavy atom. The van der Waals surface area contributed by atoms with Crippen LogP contribution in [-0.2, 0) is 21.7 Å². The Bertz CT molecular complexity index is 1300. The number of aliphatic hydroxyl groups is 1. The van der Waals surface area contributed by atoms with Crippen molar-refractivity contribution in [2.75, 3.05) is 25.2 Å². The molecule has 3 aromatic rings. The third-order valence-corrected chi connectivity index (χ3v) is 6.46. The van der Waals surface area contributed by atoms with E-state index in [-0.39, 0.29) is 36.8 Å². The van der Waals surface area contributed by atoms with Crippen molar-refractivity contribution < 1.29 is 28.6 Å². The standard InChI is InChI=1S/C24H24N4O6/c1-33-16-4-2-14-10-27(23(32)17(14)8-16)12-24(25,13-30)20-9-18-19(34-20)5-6-21(26-18)28-15(11-29)3-7-22(28)31/h2,4-6,8-9,13,15,29H,3,7,10-12,25H2,1H3/t15-,24-/m1/s1. The summed E-state index contributed by atoms with van der Waals surface area (Å²) in [5.74, 6) is 0.774. The van der Waals surface area contributed by atoms with E-state index in [0.717, 1.165) is 5.56 Å². The number of hydrogen-bond donors (Lipinski definition) is 2. The highest BCUT2D eigenvalue weighted by Crippen LogP contribution is 2.32. The summed E-state index contributed by atoms with van der Waals surface area (Å²) in [5, 5.41) is 9.59. The van der Waals surface area contributed by atoms with Gasteiger partial charge in [-0.05, 0) is 36.2 Å². The van der Waals surface area contributed by atoms with Crippen molar-refractivity contribution in [3.05, 3.63) is 53.3 Å². The molecule has 0 saturated carbocycles. The molecule has 2 aliphatic rings. The summed E-state index contributed by atoms with van der Waals surface area (Å²) in [6, 6.07) is 9.77. The number of aromatic nitrogens is 1. The number of nitrogens with two attached hydrogens (primary N) is 1. The minimum absolute atomic E-state index is 0.0871. The highest BCUT2D eigenvalue weighted by atomic mass is 16.5. The summed E-state index contributed by atoms with van der Waals surface area (Å²) in [6.07, 6.45) is 1.46. The zero-order chi connectivity index (χ0) is 24.0. The Morgan fingerprint density at radius 1 is 1.29 bits per heavy atom. The van der Waals surface area contributed by atoms with Crippen LogP contribution in [0.1, 0.15) is 34.5 Å². The van der Waals surface area contributed by atoms with Gasteiger partial charge in [0, 0.05) is 24.6 Å². The molecule has 1 saturated heterocycles. The largest absolute Gasteiger partial charge is 0.497 e. The van der Waals surface area contributed by atoms with Crippen LogP contribution in [0.25, 0.3) is 11.1 Å². The molecule has 0 aliphatic carbocycles. The van der Waals surface area contributed by atoms with Crippen LogP contribution >= 0.6 is 0 Å². The zero-order valence-corrected chi connectivity index (χ0v) is 18.6. The number of pyridine rings is 1. The lowest BCUT2D eigenvalue weighted by Crippen LogP contribution is -2.49. The second kappa shape index (κ2) is 8.23. The normalized spacial score (nSPS) is 19.6. The maximum atomic E-state index is 12.9. The van der Waals surface area contributed by atoms with Gasteiger partial charge in [0.15, 0.2) is 5.58 Å². The van der Waals surface area contributed by atoms with Gasteiger partial charge in [-0.1, -0.05) is 6.07 Å². The number of benzene rings is 1. The molecule has 1 fully saturated rings. The van der Waals surface area contributed by atoms with Gasteiger partial charge in [0.05, 0.1) is 26.3 Å². The van der Waals surface area contributed by atoms with Crippen LogP contribution < -0.4 is 15.4 Å². The van der Waals surface area contributed by atoms with Gasteiger partial charge < -0.3 is 29.7 Å². The molecule has 5 rings (SSSR count). The van der Waals surface area contributed by atoms with E-state index < -0.39 is 5.54 Å². The monoisotopic (exact) mass is 464 g/mol. The van der Waals surface area contributed by atoms with Crippen LogP contribution in [0.3, 0.4) is 0 Å². The highest BCUT2D eigenvalue weighted by Gasteiger charge is 2.39. The maximum absolute atomic E-state index is 12.9. The number of ether oxygens (including phenoxy) is 1. The number of furan rings is 1. The van der Waals surface area contributed by atoms with Gasteiger partial charge in [-0.15, -0.1) is 0 Å². The van der Waals surface area contributed by atoms with E-state index in [0.29, 0.717) is 53.9 Å². The third kappa shape index (κ3) is 3.51. The average Bonchev–Trinajstić information content (AvgIpc) is 3.53. The Hall–Kier alpha value is -3.76. The Kier molecular flexibility index (Phi) is 5.34. The lowest BCUT2D eigenvalue weighted by atomic mass is 9.99. The number of aldehydes is 1. The number of anilines is 1. The molecule has 34 heavy (non-hydrogen) atoms. The zero-order valence-electron chi connectivity index (χ0n) is 18.6. The first-order valence-corrected chi connectivity index (χ1v) is 10.9. The Morgan fingerprint density at radius 3 is 2.85 bits per heavy atom. The molecule has 0 unspecified atom stereocenters. The Balaban J connectivity index is 1.43. The summed E-state index contributed by atoms with van der Waals surface area (Å²) >= 11 is 0. The van der Waals surface area contributed by atoms with Crippen LogP contribution in [0.5, 0.6) is 5.75 Å². The number of aliphatic hydroxyl groups excluding tert-OH is 1. The SMILES string of the molecule is COc1ccc2c(c1)C(=O)N(C[C@@](N)(C=O)c1cc3nc(N4C(=O)CC[C@@H]4CO)ccc3o1)C2. The number of rotatable bonds is 7. The van der Waals surface area contributed by atoms with Crippen molar-refractivity contribution in [1.29, 1.82) is 0 Å². The summed E-state index contributed by atoms with van der Waals surface area (Å²) in [7, 11) is 1.53. The number of methoxy groups -OCH3 is 1. The van der Waals surface area contributed by atoms with Gasteiger partial charge in [-0.3, -0.25) is 14.5 Å². The first-order valence-electron chi connectivity index (χ1n) is 10.9. The molecule has 3 N–H and O–H groups in total. The molecule has 2 aromatic heterocycles. The van der Waals surface area contributed by atoms with Gasteiger partial charge in [-0.2, -0.15) is 0 Å². The fourth-order valence-corrected chi connectivity index (χ4v) is 4.59. The summed E-state index contributed by atoms with van der Waals surface area (Å²) in [6.45, 7) is 0.0701. The van der Waals surface area contributed by atoms with Crippen LogP contribution in [-0.4, -0.2) is 59.4 Å². The maximum Gasteiger partial charge on any atom is 0.254 e. The van der Waals surface area contributed by atoms with Gasteiger partial charge in [-0.25, -0.2) is 4.98 Å². The van der Waals surface area contributed by atoms with Crippen molar-refractivity contribution in [2.45, 2.75) is 31.0 Å². The van der Waals surface area contributed by atoms with E-state index in [1.165, 1.54) is 16.9 Å². The van der Waals surface area contributed by atoms with E-state index in [2.05, 4.69) is 4.98 Å². The molecule has 10 nitrogen and oxygen atoms in total. The number of nitrogens with zero attached hydrogens (tertiary/aromatic N) is 3. The summed E-state index contributed by atoms with van der Waals surface area (Å²) < 4.78 is 11.1. The number of amides is 2. The molecule has 176 valence electrons. The van der Waals surface area contributed by atoms with Crippen LogP contribution in [0.15, 0.2) is 40.8 Å². The van der Waals surface area contributed by atoms with Crippen molar-refractivity contribution in [2.24, 2.45) is 5.73 Å². The number of hydrogen-bond acceptors (Lipinski definition) is 8. The van der Waals surface area contributed by atoms with E-state index in [1.54, 1.807) is 30.3 Å². The molecule has 0 radical (unpaired) electrons. The van der Waals surface area contributed by atoms with Gasteiger partial charge in [0.2, 0.25) is 5.91 Å². The van der Waals surface area contributed by atoms with E-state index >= 15 is 0 Å². The average molecular weight is 464 g/mol. The third-order valence-electron chi connectivity index (χ3n) is 6.46. The first kappa shape index (κ1) is 22.1. The molecule has 2 atom stereocenters. The van der Waals surface area contributed by atoms with Crippen molar-refractivity contribution in [1.82, 2.24) is 9.88 Å². The van der Waals surface area contributed by atoms with Crippen molar-refractivity contribution >= 4 is 35.0 Å². The molecule has 0 bridgehead atoms. The molecule has 4 heterocycles. The van der Waals surface area contributed by atoms with E-state index in [1.807, 2.05) is 6.07 Å². The quantitative estimate of drug-likeness (QED) is 0.499. The predicted octanol–water partition coefficient (Wildman–Crippen LogP) is 1.33. The molecular weight excluding hydrogens is 440 g/mol. The molecule has 0 spiro atoms. The molecule has 2 amide bonds. The second-order valence-electron chi connectivity index (χ2n) is 8.64. The van der Waals surface area contributed by atoms with Gasteiger partial charge in [0.1, 0.15) is 34.7 Å². The van der Waals surface area contributed by atoms with Crippen molar-refractivity contribution in [3.63, 3.8) is 0 Å². The fourth-order valence-electron chi connectivity index (χ4n) is 4.59. The molecule has 1 aromatic carbocycles. The van der Waals surface area contributed by atoms with E-state index in [9.17, 15) is 19.5 Å². The predicted molar refractivity (Wildman–Crippen MR) is 121 cm³/mol. The smallest absolute Gasteiger partial charge is 0.254 e. The first-order chi connectivity index (χ1) is 16.4. The van der Waals surface area contributed by atoms with Crippen LogP contribution in [0, 0.1) is 0 Å². The Labute approximate surface area is 194 Å². The lowest BCUT2D eigenvalue weighted by molar-refractivity contribution is -0.117. The topological polar surface area (TPSA) is 139 Å². The van der Waals surface area contributed by atoms with E-state index in [4.69, 9.17) is 14.9 Å². The minimum Gasteiger partial charge on any atom is -0.497 e. The number of fused-ring (bicyclic) bond motifs is 2. The molecule has 2 aliphatic heterocycles. The minimum atomic E-state index is -1.60. The highest BCUT2D eigenvalue weighted by molar-refractivity contribution is 5.99. The number of carbonyl (C=O) groups excluding carboxylic acids is 3. The van der Waals surface area contributed by atoms with Crippen molar-refractivity contribution in [3.8, 4) is 5.75 Å². The van der Waals surface area contributed by atoms with Gasteiger partial charge in [0.25, 0.3) is 5.91 Å². The summed E-state index contributed by atoms with van der Waals surface area (Å²) in [5.41, 5.74) is 6.98. The second-order valence-corrected chi connectivity index (χ2v) is 8.64. The number of carbonyl (C=O) groups is 3. The summed E-state index contributed by atoms with van der Waals surface area (Å²) in [4.78, 5) is 44.8. The van der Waals surface area contributed by atoms with Crippen LogP contribution in [0.2, 0.25) is 0 Å². The molecular formula is C24H24N4O6. The van der Waals surface area contributed by atoms with Gasteiger partial charge >= 0.3 is 0 Å².